The van der Waals surface area contributed by atoms with Crippen LogP contribution in [0.1, 0.15) is 11.1 Å². The zero-order valence-electron chi connectivity index (χ0n) is 11.0. The highest BCUT2D eigenvalue weighted by atomic mass is 32.2. The average molecular weight is 303 g/mol. The molecule has 7 heteroatoms. The lowest BCUT2D eigenvalue weighted by Crippen LogP contribution is -2.14. The van der Waals surface area contributed by atoms with Crippen molar-refractivity contribution in [2.75, 3.05) is 0 Å². The Morgan fingerprint density at radius 2 is 2.00 bits per heavy atom. The van der Waals surface area contributed by atoms with Crippen LogP contribution < -0.4 is 5.73 Å². The van der Waals surface area contributed by atoms with Gasteiger partial charge in [0.1, 0.15) is 0 Å². The van der Waals surface area contributed by atoms with Crippen LogP contribution in [0.2, 0.25) is 0 Å². The van der Waals surface area contributed by atoms with E-state index < -0.39 is 4.92 Å². The van der Waals surface area contributed by atoms with Crippen molar-refractivity contribution in [3.8, 4) is 0 Å². The van der Waals surface area contributed by atoms with Gasteiger partial charge >= 0.3 is 0 Å². The molecule has 0 bridgehead atoms. The summed E-state index contributed by atoms with van der Waals surface area (Å²) >= 11 is 1.47. The molecule has 0 aliphatic heterocycles. The molecule has 0 amide bonds. The van der Waals surface area contributed by atoms with E-state index >= 15 is 0 Å². The van der Waals surface area contributed by atoms with Crippen LogP contribution in [0.15, 0.2) is 58.6 Å². The van der Waals surface area contributed by atoms with Crippen LogP contribution in [0.3, 0.4) is 0 Å². The first kappa shape index (κ1) is 14.9. The molecule has 0 saturated carbocycles. The second kappa shape index (κ2) is 6.76. The summed E-state index contributed by atoms with van der Waals surface area (Å²) in [4.78, 5) is 11.0. The van der Waals surface area contributed by atoms with Gasteiger partial charge in [0.25, 0.3) is 5.69 Å². The molecule has 2 aromatic carbocycles. The van der Waals surface area contributed by atoms with Gasteiger partial charge in [0.15, 0.2) is 5.84 Å². The Balaban J connectivity index is 2.28. The van der Waals surface area contributed by atoms with Gasteiger partial charge < -0.3 is 10.9 Å². The number of nitrogens with zero attached hydrogens (tertiary/aromatic N) is 2. The Morgan fingerprint density at radius 3 is 2.62 bits per heavy atom. The van der Waals surface area contributed by atoms with Crippen LogP contribution in [-0.2, 0) is 5.75 Å². The van der Waals surface area contributed by atoms with Gasteiger partial charge in [-0.3, -0.25) is 10.1 Å². The predicted molar refractivity (Wildman–Crippen MR) is 81.6 cm³/mol. The molecular weight excluding hydrogens is 290 g/mol. The van der Waals surface area contributed by atoms with Crippen LogP contribution in [0, 0.1) is 10.1 Å². The highest BCUT2D eigenvalue weighted by molar-refractivity contribution is 7.98. The summed E-state index contributed by atoms with van der Waals surface area (Å²) in [5.74, 6) is 0.541. The summed E-state index contributed by atoms with van der Waals surface area (Å²) in [6, 6.07) is 14.1. The van der Waals surface area contributed by atoms with Crippen molar-refractivity contribution in [3.63, 3.8) is 0 Å². The highest BCUT2D eigenvalue weighted by Gasteiger charge is 2.14. The van der Waals surface area contributed by atoms with E-state index in [1.54, 1.807) is 6.07 Å². The number of nitro benzene ring substituents is 1. The Bertz CT molecular complexity index is 674. The molecule has 108 valence electrons. The number of oxime groups is 1. The maximum Gasteiger partial charge on any atom is 0.270 e. The third kappa shape index (κ3) is 3.73. The van der Waals surface area contributed by atoms with E-state index in [-0.39, 0.29) is 11.5 Å². The van der Waals surface area contributed by atoms with Crippen LogP contribution in [0.4, 0.5) is 5.69 Å². The fraction of sp³-hybridized carbons (Fsp3) is 0.0714. The number of nitrogens with two attached hydrogens (primary N) is 1. The van der Waals surface area contributed by atoms with E-state index in [9.17, 15) is 10.1 Å². The molecule has 21 heavy (non-hydrogen) atoms. The van der Waals surface area contributed by atoms with Gasteiger partial charge in [-0.1, -0.05) is 35.5 Å². The topological polar surface area (TPSA) is 102 Å². The molecular formula is C14H13N3O3S. The highest BCUT2D eigenvalue weighted by Crippen LogP contribution is 2.29. The minimum atomic E-state index is -0.514. The fourth-order valence-corrected chi connectivity index (χ4v) is 2.74. The lowest BCUT2D eigenvalue weighted by molar-refractivity contribution is -0.384. The van der Waals surface area contributed by atoms with Crippen molar-refractivity contribution in [2.24, 2.45) is 10.9 Å². The number of hydrogen-bond acceptors (Lipinski definition) is 5. The minimum Gasteiger partial charge on any atom is -0.409 e. The third-order valence-electron chi connectivity index (χ3n) is 2.79. The number of thioether (sulfide) groups is 1. The molecule has 0 unspecified atom stereocenters. The first-order valence-corrected chi connectivity index (χ1v) is 7.03. The van der Waals surface area contributed by atoms with Gasteiger partial charge in [-0.2, -0.15) is 0 Å². The molecule has 0 atom stereocenters. The number of rotatable bonds is 5. The molecule has 0 aliphatic rings. The monoisotopic (exact) mass is 303 g/mol. The third-order valence-corrected chi connectivity index (χ3v) is 3.94. The smallest absolute Gasteiger partial charge is 0.270 e. The second-order valence-corrected chi connectivity index (χ2v) is 5.21. The Morgan fingerprint density at radius 1 is 1.29 bits per heavy atom. The van der Waals surface area contributed by atoms with Crippen molar-refractivity contribution in [1.29, 1.82) is 0 Å². The van der Waals surface area contributed by atoms with Crippen molar-refractivity contribution in [3.05, 3.63) is 69.8 Å². The summed E-state index contributed by atoms with van der Waals surface area (Å²) in [5, 5.41) is 22.6. The number of non-ortho nitro benzene ring substituents is 1. The van der Waals surface area contributed by atoms with E-state index in [0.717, 1.165) is 10.5 Å². The Hall–Kier alpha value is -2.54. The van der Waals surface area contributed by atoms with Crippen molar-refractivity contribution in [1.82, 2.24) is 0 Å². The standard InChI is InChI=1S/C14H13N3O3S/c15-14(16-18)12-8-11(17(19)20)6-7-13(12)21-9-10-4-2-1-3-5-10/h1-8,18H,9H2,(H2,15,16). The van der Waals surface area contributed by atoms with Crippen LogP contribution in [-0.4, -0.2) is 16.0 Å². The summed E-state index contributed by atoms with van der Waals surface area (Å²) in [5.41, 5.74) is 6.97. The van der Waals surface area contributed by atoms with Crippen LogP contribution in [0.25, 0.3) is 0 Å². The number of nitro groups is 1. The van der Waals surface area contributed by atoms with Gasteiger partial charge in [0, 0.05) is 28.3 Å². The first-order chi connectivity index (χ1) is 10.1. The van der Waals surface area contributed by atoms with Gasteiger partial charge in [-0.15, -0.1) is 11.8 Å². The molecule has 2 rings (SSSR count). The maximum absolute atomic E-state index is 10.8. The molecule has 0 aromatic heterocycles. The minimum absolute atomic E-state index is 0.0966. The molecule has 0 heterocycles. The zero-order chi connectivity index (χ0) is 15.2. The normalized spacial score (nSPS) is 11.3. The van der Waals surface area contributed by atoms with E-state index in [1.165, 1.54) is 23.9 Å². The van der Waals surface area contributed by atoms with Gasteiger partial charge in [0.05, 0.1) is 4.92 Å². The lowest BCUT2D eigenvalue weighted by Gasteiger charge is -2.08. The van der Waals surface area contributed by atoms with Gasteiger partial charge in [-0.25, -0.2) is 0 Å². The van der Waals surface area contributed by atoms with E-state index in [1.807, 2.05) is 30.3 Å². The number of hydrogen-bond donors (Lipinski definition) is 2. The lowest BCUT2D eigenvalue weighted by atomic mass is 10.2. The molecule has 0 aliphatic carbocycles. The summed E-state index contributed by atoms with van der Waals surface area (Å²) < 4.78 is 0. The van der Waals surface area contributed by atoms with E-state index in [0.29, 0.717) is 11.3 Å². The summed E-state index contributed by atoms with van der Waals surface area (Å²) in [7, 11) is 0. The van der Waals surface area contributed by atoms with Crippen LogP contribution in [0.5, 0.6) is 0 Å². The summed E-state index contributed by atoms with van der Waals surface area (Å²) in [6.45, 7) is 0. The van der Waals surface area contributed by atoms with Crippen molar-refractivity contribution < 1.29 is 10.1 Å². The molecule has 6 nitrogen and oxygen atoms in total. The average Bonchev–Trinajstić information content (AvgIpc) is 2.52. The second-order valence-electron chi connectivity index (χ2n) is 4.20. The van der Waals surface area contributed by atoms with Crippen molar-refractivity contribution in [2.45, 2.75) is 10.6 Å². The van der Waals surface area contributed by atoms with Crippen LogP contribution >= 0.6 is 11.8 Å². The number of benzene rings is 2. The molecule has 3 N–H and O–H groups in total. The Labute approximate surface area is 125 Å². The zero-order valence-corrected chi connectivity index (χ0v) is 11.8. The predicted octanol–water partition coefficient (Wildman–Crippen LogP) is 2.98. The Kier molecular flexibility index (Phi) is 4.78. The van der Waals surface area contributed by atoms with E-state index in [4.69, 9.17) is 10.9 Å². The van der Waals surface area contributed by atoms with Gasteiger partial charge in [-0.05, 0) is 11.6 Å². The SMILES string of the molecule is NC(=NO)c1cc([N+](=O)[O-])ccc1SCc1ccccc1. The molecule has 0 saturated heterocycles. The quantitative estimate of drug-likeness (QED) is 0.221. The van der Waals surface area contributed by atoms with Gasteiger partial charge in [0.2, 0.25) is 0 Å². The largest absolute Gasteiger partial charge is 0.409 e. The molecule has 0 radical (unpaired) electrons. The maximum atomic E-state index is 10.8. The molecule has 2 aromatic rings. The summed E-state index contributed by atoms with van der Waals surface area (Å²) in [6.07, 6.45) is 0. The first-order valence-electron chi connectivity index (χ1n) is 6.05. The number of amidine groups is 1. The fourth-order valence-electron chi connectivity index (χ4n) is 1.75. The van der Waals surface area contributed by atoms with E-state index in [2.05, 4.69) is 5.16 Å². The van der Waals surface area contributed by atoms with Crippen molar-refractivity contribution >= 4 is 23.3 Å². The molecule has 0 fully saturated rings. The molecule has 0 spiro atoms.